The molecule has 0 unspecified atom stereocenters. The molecule has 1 saturated heterocycles. The number of carbonyl (C=O) groups is 1. The van der Waals surface area contributed by atoms with Gasteiger partial charge in [0.25, 0.3) is 0 Å². The molecule has 0 radical (unpaired) electrons. The van der Waals surface area contributed by atoms with Crippen LogP contribution in [-0.4, -0.2) is 37.7 Å². The summed E-state index contributed by atoms with van der Waals surface area (Å²) in [6, 6.07) is 15.2. The first-order chi connectivity index (χ1) is 12.0. The summed E-state index contributed by atoms with van der Waals surface area (Å²) in [5.74, 6) is 0. The average Bonchev–Trinajstić information content (AvgIpc) is 2.64. The second-order valence-corrected chi connectivity index (χ2v) is 8.59. The van der Waals surface area contributed by atoms with Gasteiger partial charge in [0.05, 0.1) is 20.9 Å². The number of benzene rings is 2. The Morgan fingerprint density at radius 3 is 2.24 bits per heavy atom. The summed E-state index contributed by atoms with van der Waals surface area (Å²) in [6.07, 6.45) is 0.848. The van der Waals surface area contributed by atoms with Gasteiger partial charge in [-0.05, 0) is 37.1 Å². The highest BCUT2D eigenvalue weighted by molar-refractivity contribution is 7.92. The zero-order chi connectivity index (χ0) is 17.9. The number of rotatable bonds is 3. The van der Waals surface area contributed by atoms with E-state index in [0.717, 1.165) is 0 Å². The van der Waals surface area contributed by atoms with Crippen molar-refractivity contribution in [2.45, 2.75) is 23.0 Å². The molecule has 0 saturated carbocycles. The molecule has 1 fully saturated rings. The number of hydrogen-bond acceptors (Lipinski definition) is 3. The lowest BCUT2D eigenvalue weighted by Gasteiger charge is -2.31. The van der Waals surface area contributed by atoms with Crippen molar-refractivity contribution in [2.24, 2.45) is 0 Å². The van der Waals surface area contributed by atoms with Crippen LogP contribution in [0.4, 0.5) is 10.5 Å². The first-order valence-electron chi connectivity index (χ1n) is 8.08. The summed E-state index contributed by atoms with van der Waals surface area (Å²) in [7, 11) is -3.36. The second-order valence-electron chi connectivity index (χ2n) is 5.95. The Labute approximate surface area is 152 Å². The molecular formula is C18H19ClN2O3S. The van der Waals surface area contributed by atoms with Gasteiger partial charge in [-0.1, -0.05) is 41.9 Å². The van der Waals surface area contributed by atoms with Crippen molar-refractivity contribution in [1.82, 2.24) is 4.90 Å². The Morgan fingerprint density at radius 1 is 1.00 bits per heavy atom. The van der Waals surface area contributed by atoms with E-state index in [-0.39, 0.29) is 6.03 Å². The Balaban J connectivity index is 1.62. The number of sulfone groups is 1. The molecule has 25 heavy (non-hydrogen) atoms. The molecule has 1 aliphatic rings. The lowest BCUT2D eigenvalue weighted by molar-refractivity contribution is 0.200. The lowest BCUT2D eigenvalue weighted by atomic mass is 10.1. The molecule has 0 spiro atoms. The minimum atomic E-state index is -3.36. The number of piperidine rings is 1. The van der Waals surface area contributed by atoms with Crippen LogP contribution in [0.1, 0.15) is 12.8 Å². The first-order valence-corrected chi connectivity index (χ1v) is 10.0. The molecule has 0 aliphatic carbocycles. The van der Waals surface area contributed by atoms with E-state index in [2.05, 4.69) is 5.32 Å². The van der Waals surface area contributed by atoms with E-state index in [9.17, 15) is 13.2 Å². The fourth-order valence-corrected chi connectivity index (χ4v) is 4.86. The van der Waals surface area contributed by atoms with E-state index in [1.165, 1.54) is 0 Å². The maximum Gasteiger partial charge on any atom is 0.321 e. The van der Waals surface area contributed by atoms with Gasteiger partial charge in [0.15, 0.2) is 9.84 Å². The summed E-state index contributed by atoms with van der Waals surface area (Å²) in [5.41, 5.74) is 0.549. The summed E-state index contributed by atoms with van der Waals surface area (Å²) >= 11 is 6.05. The highest BCUT2D eigenvalue weighted by Gasteiger charge is 2.32. The molecule has 7 heteroatoms. The van der Waals surface area contributed by atoms with Crippen LogP contribution in [0.15, 0.2) is 59.5 Å². The number of likely N-dealkylation sites (tertiary alicyclic amines) is 1. The molecule has 5 nitrogen and oxygen atoms in total. The molecule has 1 heterocycles. The van der Waals surface area contributed by atoms with E-state index < -0.39 is 15.1 Å². The third kappa shape index (κ3) is 3.96. The fraction of sp³-hybridized carbons (Fsp3) is 0.278. The molecule has 1 N–H and O–H groups in total. The summed E-state index contributed by atoms with van der Waals surface area (Å²) in [6.45, 7) is 0.792. The van der Waals surface area contributed by atoms with Gasteiger partial charge in [-0.3, -0.25) is 0 Å². The smallest absolute Gasteiger partial charge is 0.321 e. The van der Waals surface area contributed by atoms with Crippen molar-refractivity contribution >= 4 is 33.2 Å². The van der Waals surface area contributed by atoms with Crippen LogP contribution in [0.5, 0.6) is 0 Å². The second kappa shape index (κ2) is 7.45. The topological polar surface area (TPSA) is 66.5 Å². The monoisotopic (exact) mass is 378 g/mol. The Kier molecular flexibility index (Phi) is 5.30. The zero-order valence-corrected chi connectivity index (χ0v) is 15.1. The predicted octanol–water partition coefficient (Wildman–Crippen LogP) is 3.81. The van der Waals surface area contributed by atoms with Crippen LogP contribution in [0, 0.1) is 0 Å². The highest BCUT2D eigenvalue weighted by Crippen LogP contribution is 2.26. The highest BCUT2D eigenvalue weighted by atomic mass is 35.5. The van der Waals surface area contributed by atoms with Gasteiger partial charge < -0.3 is 10.2 Å². The van der Waals surface area contributed by atoms with Crippen LogP contribution in [0.2, 0.25) is 5.02 Å². The molecule has 0 atom stereocenters. The number of amides is 2. The van der Waals surface area contributed by atoms with Crippen molar-refractivity contribution < 1.29 is 13.2 Å². The maximum atomic E-state index is 12.7. The predicted molar refractivity (Wildman–Crippen MR) is 98.7 cm³/mol. The van der Waals surface area contributed by atoms with Gasteiger partial charge in [-0.15, -0.1) is 0 Å². The maximum absolute atomic E-state index is 12.7. The molecule has 2 amide bonds. The number of nitrogens with one attached hydrogen (secondary N) is 1. The van der Waals surface area contributed by atoms with E-state index in [4.69, 9.17) is 11.6 Å². The van der Waals surface area contributed by atoms with E-state index in [1.807, 2.05) is 0 Å². The standard InChI is InChI=1S/C18H19ClN2O3S/c19-16-8-4-5-9-17(16)20-18(22)21-12-10-15(11-13-21)25(23,24)14-6-2-1-3-7-14/h1-9,15H,10-13H2,(H,20,22). The molecule has 1 aliphatic heterocycles. The number of halogens is 1. The first kappa shape index (κ1) is 17.8. The Morgan fingerprint density at radius 2 is 1.60 bits per heavy atom. The summed E-state index contributed by atoms with van der Waals surface area (Å²) in [4.78, 5) is 14.3. The minimum Gasteiger partial charge on any atom is -0.324 e. The quantitative estimate of drug-likeness (QED) is 0.883. The SMILES string of the molecule is O=C(Nc1ccccc1Cl)N1CCC(S(=O)(=O)c2ccccc2)CC1. The number of carbonyl (C=O) groups excluding carboxylic acids is 1. The third-order valence-corrected chi connectivity index (χ3v) is 6.96. The van der Waals surface area contributed by atoms with Crippen LogP contribution < -0.4 is 5.32 Å². The molecular weight excluding hydrogens is 360 g/mol. The van der Waals surface area contributed by atoms with E-state index >= 15 is 0 Å². The van der Waals surface area contributed by atoms with Crippen molar-refractivity contribution in [3.05, 3.63) is 59.6 Å². The van der Waals surface area contributed by atoms with Crippen LogP contribution >= 0.6 is 11.6 Å². The molecule has 2 aromatic rings. The van der Waals surface area contributed by atoms with Crippen LogP contribution in [0.3, 0.4) is 0 Å². The molecule has 2 aromatic carbocycles. The van der Waals surface area contributed by atoms with Crippen molar-refractivity contribution in [3.63, 3.8) is 0 Å². The Hall–Kier alpha value is -2.05. The number of para-hydroxylation sites is 1. The third-order valence-electron chi connectivity index (χ3n) is 4.36. The van der Waals surface area contributed by atoms with Crippen molar-refractivity contribution in [2.75, 3.05) is 18.4 Å². The van der Waals surface area contributed by atoms with E-state index in [0.29, 0.717) is 41.5 Å². The number of hydrogen-bond donors (Lipinski definition) is 1. The zero-order valence-electron chi connectivity index (χ0n) is 13.6. The van der Waals surface area contributed by atoms with Gasteiger partial charge in [0, 0.05) is 13.1 Å². The van der Waals surface area contributed by atoms with Crippen molar-refractivity contribution in [1.29, 1.82) is 0 Å². The number of anilines is 1. The molecule has 3 rings (SSSR count). The van der Waals surface area contributed by atoms with Gasteiger partial charge >= 0.3 is 6.03 Å². The van der Waals surface area contributed by atoms with Crippen molar-refractivity contribution in [3.8, 4) is 0 Å². The van der Waals surface area contributed by atoms with Crippen LogP contribution in [0.25, 0.3) is 0 Å². The van der Waals surface area contributed by atoms with Gasteiger partial charge in [0.1, 0.15) is 0 Å². The minimum absolute atomic E-state index is 0.261. The number of urea groups is 1. The fourth-order valence-electron chi connectivity index (χ4n) is 2.93. The van der Waals surface area contributed by atoms with E-state index in [1.54, 1.807) is 59.5 Å². The molecule has 132 valence electrons. The largest absolute Gasteiger partial charge is 0.324 e. The summed E-state index contributed by atoms with van der Waals surface area (Å²) in [5, 5.41) is 2.78. The van der Waals surface area contributed by atoms with Gasteiger partial charge in [-0.2, -0.15) is 0 Å². The molecule has 0 bridgehead atoms. The van der Waals surface area contributed by atoms with Gasteiger partial charge in [-0.25, -0.2) is 13.2 Å². The Bertz CT molecular complexity index is 848. The normalized spacial score (nSPS) is 15.8. The number of nitrogens with zero attached hydrogens (tertiary/aromatic N) is 1. The average molecular weight is 379 g/mol. The molecule has 0 aromatic heterocycles. The summed E-state index contributed by atoms with van der Waals surface area (Å²) < 4.78 is 25.3. The lowest BCUT2D eigenvalue weighted by Crippen LogP contribution is -2.44. The van der Waals surface area contributed by atoms with Gasteiger partial charge in [0.2, 0.25) is 0 Å². The van der Waals surface area contributed by atoms with Crippen LogP contribution in [-0.2, 0) is 9.84 Å².